The molecule has 0 amide bonds. The Balaban J connectivity index is 2.32. The largest absolute Gasteiger partial charge is 0.508 e. The van der Waals surface area contributed by atoms with Gasteiger partial charge in [-0.2, -0.15) is 12.8 Å². The van der Waals surface area contributed by atoms with E-state index in [0.29, 0.717) is 0 Å². The van der Waals surface area contributed by atoms with Crippen LogP contribution in [0.5, 0.6) is 11.5 Å². The molecular weight excluding hydrogens is 278 g/mol. The van der Waals surface area contributed by atoms with Gasteiger partial charge < -0.3 is 10.2 Å². The summed E-state index contributed by atoms with van der Waals surface area (Å²) >= 11 is 0. The molecule has 0 aliphatic rings. The van der Waals surface area contributed by atoms with Gasteiger partial charge in [-0.1, -0.05) is 17.7 Å². The van der Waals surface area contributed by atoms with E-state index >= 15 is 0 Å². The molecule has 5 nitrogen and oxygen atoms in total. The minimum atomic E-state index is -3.81. The molecule has 0 spiro atoms. The number of aryl methyl sites for hydroxylation is 1. The zero-order valence-electron chi connectivity index (χ0n) is 10.7. The summed E-state index contributed by atoms with van der Waals surface area (Å²) in [5.41, 5.74) is 1.16. The molecular formula is C14H13NO4S. The second kappa shape index (κ2) is 5.34. The molecule has 2 rings (SSSR count). The van der Waals surface area contributed by atoms with Gasteiger partial charge in [-0.05, 0) is 31.2 Å². The lowest BCUT2D eigenvalue weighted by atomic mass is 10.2. The first kappa shape index (κ1) is 14.1. The first-order valence-electron chi connectivity index (χ1n) is 5.77. The summed E-state index contributed by atoms with van der Waals surface area (Å²) < 4.78 is 27.5. The van der Waals surface area contributed by atoms with Crippen LogP contribution < -0.4 is 0 Å². The number of benzene rings is 2. The second-order valence-electron chi connectivity index (χ2n) is 4.27. The van der Waals surface area contributed by atoms with Crippen molar-refractivity contribution < 1.29 is 18.6 Å². The molecule has 0 saturated heterocycles. The van der Waals surface area contributed by atoms with Gasteiger partial charge in [0.2, 0.25) is 0 Å². The molecule has 0 atom stereocenters. The summed E-state index contributed by atoms with van der Waals surface area (Å²) in [6.45, 7) is 1.86. The van der Waals surface area contributed by atoms with Crippen molar-refractivity contribution in [2.24, 2.45) is 4.40 Å². The molecule has 2 aromatic rings. The number of nitrogens with zero attached hydrogens (tertiary/aromatic N) is 1. The molecule has 2 aromatic carbocycles. The summed E-state index contributed by atoms with van der Waals surface area (Å²) in [5.74, 6) is -0.353. The second-order valence-corrected chi connectivity index (χ2v) is 5.90. The highest BCUT2D eigenvalue weighted by Crippen LogP contribution is 2.21. The fourth-order valence-electron chi connectivity index (χ4n) is 1.54. The Kier molecular flexibility index (Phi) is 3.76. The van der Waals surface area contributed by atoms with Gasteiger partial charge >= 0.3 is 0 Å². The molecule has 0 aliphatic carbocycles. The normalized spacial score (nSPS) is 11.8. The number of hydrogen-bond donors (Lipinski definition) is 2. The maximum Gasteiger partial charge on any atom is 0.282 e. The van der Waals surface area contributed by atoms with Crippen LogP contribution in [0.1, 0.15) is 11.1 Å². The van der Waals surface area contributed by atoms with Crippen molar-refractivity contribution in [3.8, 4) is 11.5 Å². The summed E-state index contributed by atoms with van der Waals surface area (Å²) in [5, 5.41) is 18.7. The standard InChI is InChI=1S/C14H13NO4S/c1-10-2-6-13(7-3-10)20(18,19)15-9-11-4-5-12(16)8-14(11)17/h2-9,16-17H,1H3/b15-9+. The number of aromatic hydroxyl groups is 2. The van der Waals surface area contributed by atoms with Gasteiger partial charge in [-0.15, -0.1) is 0 Å². The molecule has 0 heterocycles. The molecule has 2 N–H and O–H groups in total. The summed E-state index contributed by atoms with van der Waals surface area (Å²) in [6.07, 6.45) is 1.05. The Morgan fingerprint density at radius 3 is 2.30 bits per heavy atom. The number of phenolic OH excluding ortho intramolecular Hbond substituents is 2. The van der Waals surface area contributed by atoms with E-state index < -0.39 is 10.0 Å². The molecule has 6 heteroatoms. The summed E-state index contributed by atoms with van der Waals surface area (Å²) in [4.78, 5) is 0.0811. The third-order valence-corrected chi connectivity index (χ3v) is 3.91. The van der Waals surface area contributed by atoms with E-state index in [2.05, 4.69) is 4.40 Å². The van der Waals surface area contributed by atoms with Crippen LogP contribution in [0.15, 0.2) is 51.8 Å². The highest BCUT2D eigenvalue weighted by molar-refractivity contribution is 7.90. The molecule has 0 fully saturated rings. The highest BCUT2D eigenvalue weighted by atomic mass is 32.2. The van der Waals surface area contributed by atoms with Gasteiger partial charge in [0.05, 0.1) is 11.1 Å². The Morgan fingerprint density at radius 2 is 1.70 bits per heavy atom. The lowest BCUT2D eigenvalue weighted by Crippen LogP contribution is -1.97. The van der Waals surface area contributed by atoms with Crippen LogP contribution in [-0.4, -0.2) is 24.8 Å². The van der Waals surface area contributed by atoms with Crippen molar-refractivity contribution >= 4 is 16.2 Å². The van der Waals surface area contributed by atoms with Gasteiger partial charge in [-0.25, -0.2) is 0 Å². The minimum Gasteiger partial charge on any atom is -0.508 e. The Hall–Kier alpha value is -2.34. The molecule has 20 heavy (non-hydrogen) atoms. The fourth-order valence-corrected chi connectivity index (χ4v) is 2.39. The van der Waals surface area contributed by atoms with Gasteiger partial charge in [-0.3, -0.25) is 0 Å². The first-order chi connectivity index (χ1) is 9.38. The lowest BCUT2D eigenvalue weighted by Gasteiger charge is -2.01. The van der Waals surface area contributed by atoms with Crippen LogP contribution in [0, 0.1) is 6.92 Å². The number of phenols is 2. The smallest absolute Gasteiger partial charge is 0.282 e. The van der Waals surface area contributed by atoms with Crippen LogP contribution in [0.2, 0.25) is 0 Å². The van der Waals surface area contributed by atoms with Crippen molar-refractivity contribution in [2.75, 3.05) is 0 Å². The zero-order valence-corrected chi connectivity index (χ0v) is 11.5. The lowest BCUT2D eigenvalue weighted by molar-refractivity contribution is 0.450. The van der Waals surface area contributed by atoms with Gasteiger partial charge in [0, 0.05) is 11.6 Å². The van der Waals surface area contributed by atoms with E-state index in [1.54, 1.807) is 12.1 Å². The number of rotatable bonds is 3. The van der Waals surface area contributed by atoms with Crippen molar-refractivity contribution in [1.29, 1.82) is 0 Å². The Bertz CT molecular complexity index is 749. The number of hydrogen-bond acceptors (Lipinski definition) is 4. The first-order valence-corrected chi connectivity index (χ1v) is 7.21. The van der Waals surface area contributed by atoms with E-state index in [1.807, 2.05) is 6.92 Å². The van der Waals surface area contributed by atoms with Crippen molar-refractivity contribution in [1.82, 2.24) is 0 Å². The molecule has 0 unspecified atom stereocenters. The summed E-state index contributed by atoms with van der Waals surface area (Å²) in [7, 11) is -3.81. The minimum absolute atomic E-state index is 0.0811. The maximum absolute atomic E-state index is 12.0. The topological polar surface area (TPSA) is 87.0 Å². The van der Waals surface area contributed by atoms with Gasteiger partial charge in [0.25, 0.3) is 10.0 Å². The summed E-state index contributed by atoms with van der Waals surface area (Å²) in [6, 6.07) is 10.1. The quantitative estimate of drug-likeness (QED) is 0.849. The van der Waals surface area contributed by atoms with Gasteiger partial charge in [0.15, 0.2) is 0 Å². The predicted octanol–water partition coefficient (Wildman–Crippen LogP) is 2.21. The van der Waals surface area contributed by atoms with Crippen molar-refractivity contribution in [2.45, 2.75) is 11.8 Å². The van der Waals surface area contributed by atoms with E-state index in [0.717, 1.165) is 17.8 Å². The highest BCUT2D eigenvalue weighted by Gasteiger charge is 2.11. The van der Waals surface area contributed by atoms with E-state index in [9.17, 15) is 13.5 Å². The third kappa shape index (κ3) is 3.16. The average Bonchev–Trinajstić information content (AvgIpc) is 2.38. The molecule has 0 radical (unpaired) electrons. The molecule has 0 aliphatic heterocycles. The van der Waals surface area contributed by atoms with Crippen LogP contribution >= 0.6 is 0 Å². The monoisotopic (exact) mass is 291 g/mol. The van der Waals surface area contributed by atoms with E-state index in [1.165, 1.54) is 24.3 Å². The maximum atomic E-state index is 12.0. The van der Waals surface area contributed by atoms with Gasteiger partial charge in [0.1, 0.15) is 11.5 Å². The van der Waals surface area contributed by atoms with Crippen molar-refractivity contribution in [3.05, 3.63) is 53.6 Å². The fraction of sp³-hybridized carbons (Fsp3) is 0.0714. The SMILES string of the molecule is Cc1ccc(S(=O)(=O)/N=C/c2ccc(O)cc2O)cc1. The molecule has 0 bridgehead atoms. The van der Waals surface area contributed by atoms with Crippen molar-refractivity contribution in [3.63, 3.8) is 0 Å². The Morgan fingerprint density at radius 1 is 1.05 bits per heavy atom. The predicted molar refractivity (Wildman–Crippen MR) is 75.7 cm³/mol. The molecule has 0 saturated carbocycles. The molecule has 0 aromatic heterocycles. The Labute approximate surface area is 116 Å². The molecule has 104 valence electrons. The average molecular weight is 291 g/mol. The van der Waals surface area contributed by atoms with Crippen LogP contribution in [0.3, 0.4) is 0 Å². The van der Waals surface area contributed by atoms with Crippen LogP contribution in [0.25, 0.3) is 0 Å². The van der Waals surface area contributed by atoms with Crippen LogP contribution in [0.4, 0.5) is 0 Å². The van der Waals surface area contributed by atoms with E-state index in [-0.39, 0.29) is 22.0 Å². The van der Waals surface area contributed by atoms with Crippen LogP contribution in [-0.2, 0) is 10.0 Å². The zero-order chi connectivity index (χ0) is 14.8. The number of sulfonamides is 1. The van der Waals surface area contributed by atoms with E-state index in [4.69, 9.17) is 5.11 Å². The third-order valence-electron chi connectivity index (χ3n) is 2.66.